The number of aromatic carboxylic acids is 2. The van der Waals surface area contributed by atoms with Crippen molar-refractivity contribution in [3.8, 4) is 0 Å². The van der Waals surface area contributed by atoms with Gasteiger partial charge in [0.1, 0.15) is 0 Å². The molecule has 2 N–H and O–H groups in total. The molecule has 0 fully saturated rings. The standard InChI is InChI=1S/C37H62O6/c1-7-10-20-28(4)37(29(5)21-11-8-2,30(6)22-12-9-3)25-18-16-14-13-15-17-19-26-43-36(42)33-27-31(34(38)39)23-24-32(33)35(40)41/h23-24,27-30H,7-22,25-26H2,1-6H3,(H,38,39)(H,40,41). The molecule has 43 heavy (non-hydrogen) atoms. The first-order chi connectivity index (χ1) is 20.6. The van der Waals surface area contributed by atoms with Crippen LogP contribution >= 0.6 is 0 Å². The number of hydrogen-bond acceptors (Lipinski definition) is 4. The molecule has 6 nitrogen and oxygen atoms in total. The molecule has 1 aromatic rings. The summed E-state index contributed by atoms with van der Waals surface area (Å²) in [5.74, 6) is -1.04. The molecular weight excluding hydrogens is 540 g/mol. The summed E-state index contributed by atoms with van der Waals surface area (Å²) in [4.78, 5) is 35.2. The van der Waals surface area contributed by atoms with Crippen LogP contribution in [0.4, 0.5) is 0 Å². The van der Waals surface area contributed by atoms with E-state index >= 15 is 0 Å². The SMILES string of the molecule is CCCCC(C)C(CCCCCCCCCOC(=O)c1cc(C(=O)O)ccc1C(=O)O)(C(C)CCCC)C(C)CCCC. The van der Waals surface area contributed by atoms with Crippen LogP contribution in [0.15, 0.2) is 18.2 Å². The molecule has 3 unspecified atom stereocenters. The minimum Gasteiger partial charge on any atom is -0.478 e. The van der Waals surface area contributed by atoms with Gasteiger partial charge in [-0.05, 0) is 54.2 Å². The number of rotatable bonds is 25. The van der Waals surface area contributed by atoms with E-state index in [2.05, 4.69) is 41.5 Å². The number of benzene rings is 1. The van der Waals surface area contributed by atoms with Crippen molar-refractivity contribution in [2.24, 2.45) is 23.2 Å². The second-order valence-corrected chi connectivity index (χ2v) is 13.0. The molecule has 0 aliphatic heterocycles. The lowest BCUT2D eigenvalue weighted by molar-refractivity contribution is -0.00454. The zero-order valence-electron chi connectivity index (χ0n) is 28.2. The number of carboxylic acids is 2. The number of hydrogen-bond donors (Lipinski definition) is 2. The zero-order chi connectivity index (χ0) is 32.3. The summed E-state index contributed by atoms with van der Waals surface area (Å²) in [5.41, 5.74) is -0.192. The average molecular weight is 603 g/mol. The molecule has 1 rings (SSSR count). The number of carbonyl (C=O) groups is 3. The minimum absolute atomic E-state index is 0.143. The Morgan fingerprint density at radius 3 is 1.56 bits per heavy atom. The molecule has 0 heterocycles. The maximum absolute atomic E-state index is 12.5. The van der Waals surface area contributed by atoms with Crippen LogP contribution in [0, 0.1) is 23.2 Å². The molecule has 0 aromatic heterocycles. The summed E-state index contributed by atoms with van der Waals surface area (Å²) < 4.78 is 5.29. The van der Waals surface area contributed by atoms with Crippen LogP contribution < -0.4 is 0 Å². The van der Waals surface area contributed by atoms with Crippen LogP contribution in [0.25, 0.3) is 0 Å². The molecule has 0 aliphatic rings. The summed E-state index contributed by atoms with van der Waals surface area (Å²) in [6, 6.07) is 3.38. The van der Waals surface area contributed by atoms with Gasteiger partial charge in [-0.1, -0.05) is 138 Å². The van der Waals surface area contributed by atoms with Crippen molar-refractivity contribution in [3.05, 3.63) is 34.9 Å². The molecule has 246 valence electrons. The van der Waals surface area contributed by atoms with Crippen LogP contribution in [0.3, 0.4) is 0 Å². The Bertz CT molecular complexity index is 918. The van der Waals surface area contributed by atoms with Crippen molar-refractivity contribution in [2.45, 2.75) is 151 Å². The predicted octanol–water partition coefficient (Wildman–Crippen LogP) is 10.8. The normalized spacial score (nSPS) is 14.9. The highest BCUT2D eigenvalue weighted by molar-refractivity contribution is 6.04. The van der Waals surface area contributed by atoms with Gasteiger partial charge in [0.2, 0.25) is 0 Å². The van der Waals surface area contributed by atoms with E-state index in [0.29, 0.717) is 11.8 Å². The van der Waals surface area contributed by atoms with Crippen LogP contribution in [-0.4, -0.2) is 34.7 Å². The first-order valence-corrected chi connectivity index (χ1v) is 17.3. The summed E-state index contributed by atoms with van der Waals surface area (Å²) in [6.45, 7) is 14.8. The van der Waals surface area contributed by atoms with Gasteiger partial charge in [-0.3, -0.25) is 0 Å². The van der Waals surface area contributed by atoms with Gasteiger partial charge < -0.3 is 14.9 Å². The first-order valence-electron chi connectivity index (χ1n) is 17.3. The third-order valence-electron chi connectivity index (χ3n) is 9.93. The van der Waals surface area contributed by atoms with Crippen molar-refractivity contribution >= 4 is 17.9 Å². The number of carbonyl (C=O) groups excluding carboxylic acids is 1. The highest BCUT2D eigenvalue weighted by Gasteiger charge is 2.43. The predicted molar refractivity (Wildman–Crippen MR) is 176 cm³/mol. The molecule has 6 heteroatoms. The van der Waals surface area contributed by atoms with E-state index in [1.807, 2.05) is 0 Å². The summed E-state index contributed by atoms with van der Waals surface area (Å²) in [6.07, 6.45) is 20.8. The molecule has 0 aliphatic carbocycles. The lowest BCUT2D eigenvalue weighted by Crippen LogP contribution is -2.42. The summed E-state index contributed by atoms with van der Waals surface area (Å²) in [5, 5.41) is 18.5. The van der Waals surface area contributed by atoms with Gasteiger partial charge in [-0.25, -0.2) is 14.4 Å². The molecule has 3 atom stereocenters. The number of esters is 1. The van der Waals surface area contributed by atoms with Gasteiger partial charge in [0.05, 0.1) is 23.3 Å². The van der Waals surface area contributed by atoms with E-state index in [0.717, 1.165) is 49.1 Å². The Kier molecular flexibility index (Phi) is 19.2. The number of unbranched alkanes of at least 4 members (excludes halogenated alkanes) is 9. The highest BCUT2D eigenvalue weighted by atomic mass is 16.5. The molecule has 0 spiro atoms. The van der Waals surface area contributed by atoms with Crippen molar-refractivity contribution in [2.75, 3.05) is 6.61 Å². The largest absolute Gasteiger partial charge is 0.478 e. The molecule has 0 radical (unpaired) electrons. The van der Waals surface area contributed by atoms with Crippen LogP contribution in [0.1, 0.15) is 182 Å². The van der Waals surface area contributed by atoms with E-state index in [1.165, 1.54) is 89.5 Å². The molecular formula is C37H62O6. The molecule has 0 bridgehead atoms. The number of carboxylic acid groups (broad SMARTS) is 2. The second-order valence-electron chi connectivity index (χ2n) is 13.0. The van der Waals surface area contributed by atoms with Crippen molar-refractivity contribution < 1.29 is 29.3 Å². The lowest BCUT2D eigenvalue weighted by atomic mass is 9.55. The monoisotopic (exact) mass is 602 g/mol. The Labute approximate surface area is 262 Å². The molecule has 0 saturated heterocycles. The van der Waals surface area contributed by atoms with Gasteiger partial charge in [-0.15, -0.1) is 0 Å². The van der Waals surface area contributed by atoms with E-state index < -0.39 is 17.9 Å². The highest BCUT2D eigenvalue weighted by Crippen LogP contribution is 2.52. The van der Waals surface area contributed by atoms with Crippen LogP contribution in [-0.2, 0) is 4.74 Å². The van der Waals surface area contributed by atoms with E-state index in [-0.39, 0.29) is 23.3 Å². The Morgan fingerprint density at radius 2 is 1.12 bits per heavy atom. The first kappa shape index (κ1) is 38.7. The van der Waals surface area contributed by atoms with Crippen molar-refractivity contribution in [1.29, 1.82) is 0 Å². The summed E-state index contributed by atoms with van der Waals surface area (Å²) in [7, 11) is 0. The fourth-order valence-corrected chi connectivity index (χ4v) is 7.23. The Hall–Kier alpha value is -2.37. The second kappa shape index (κ2) is 21.4. The third kappa shape index (κ3) is 12.6. The summed E-state index contributed by atoms with van der Waals surface area (Å²) >= 11 is 0. The average Bonchev–Trinajstić information content (AvgIpc) is 2.99. The van der Waals surface area contributed by atoms with E-state index in [9.17, 15) is 24.6 Å². The molecule has 0 amide bonds. The van der Waals surface area contributed by atoms with Crippen LogP contribution in [0.5, 0.6) is 0 Å². The lowest BCUT2D eigenvalue weighted by Gasteiger charge is -2.50. The minimum atomic E-state index is -1.29. The van der Waals surface area contributed by atoms with Gasteiger partial charge >= 0.3 is 17.9 Å². The van der Waals surface area contributed by atoms with Crippen molar-refractivity contribution in [1.82, 2.24) is 0 Å². The van der Waals surface area contributed by atoms with Gasteiger partial charge in [-0.2, -0.15) is 0 Å². The Balaban J connectivity index is 2.58. The smallest absolute Gasteiger partial charge is 0.339 e. The third-order valence-corrected chi connectivity index (χ3v) is 9.93. The number of ether oxygens (including phenoxy) is 1. The topological polar surface area (TPSA) is 101 Å². The Morgan fingerprint density at radius 1 is 0.651 bits per heavy atom. The van der Waals surface area contributed by atoms with Gasteiger partial charge in [0, 0.05) is 0 Å². The zero-order valence-corrected chi connectivity index (χ0v) is 28.2. The molecule has 0 saturated carbocycles. The molecule has 1 aromatic carbocycles. The van der Waals surface area contributed by atoms with E-state index in [4.69, 9.17) is 4.74 Å². The quantitative estimate of drug-likeness (QED) is 0.0852. The van der Waals surface area contributed by atoms with Crippen molar-refractivity contribution in [3.63, 3.8) is 0 Å². The maximum atomic E-state index is 12.5. The fourth-order valence-electron chi connectivity index (χ4n) is 7.23. The van der Waals surface area contributed by atoms with Crippen LogP contribution in [0.2, 0.25) is 0 Å². The van der Waals surface area contributed by atoms with Gasteiger partial charge in [0.15, 0.2) is 0 Å². The maximum Gasteiger partial charge on any atom is 0.339 e. The van der Waals surface area contributed by atoms with E-state index in [1.54, 1.807) is 0 Å². The fraction of sp³-hybridized carbons (Fsp3) is 0.757. The van der Waals surface area contributed by atoms with Gasteiger partial charge in [0.25, 0.3) is 0 Å².